The number of nitro benzene ring substituents is 1. The summed E-state index contributed by atoms with van der Waals surface area (Å²) in [6.07, 6.45) is 0.584. The van der Waals surface area contributed by atoms with Gasteiger partial charge in [-0.25, -0.2) is 4.99 Å². The number of carbonyl (C=O) groups excluding carboxylic acids is 2. The number of methoxy groups -OCH3 is 1. The number of nitro groups is 1. The molecule has 0 atom stereocenters. The van der Waals surface area contributed by atoms with Crippen LogP contribution in [-0.2, 0) is 9.53 Å². The van der Waals surface area contributed by atoms with Crippen LogP contribution in [0.25, 0.3) is 5.70 Å². The number of ether oxygens (including phenoxy) is 1. The highest BCUT2D eigenvalue weighted by Gasteiger charge is 2.27. The van der Waals surface area contributed by atoms with Gasteiger partial charge in [0.1, 0.15) is 17.5 Å². The van der Waals surface area contributed by atoms with Crippen LogP contribution < -0.4 is 10.6 Å². The first kappa shape index (κ1) is 22.3. The van der Waals surface area contributed by atoms with Crippen molar-refractivity contribution in [2.24, 2.45) is 4.99 Å². The van der Waals surface area contributed by atoms with Crippen LogP contribution in [0.5, 0.6) is 0 Å². The number of hydrogen-bond acceptors (Lipinski definition) is 7. The first-order valence-electron chi connectivity index (χ1n) is 9.62. The number of nitrogens with one attached hydrogen (secondary N) is 2. The molecule has 1 aliphatic heterocycles. The Labute approximate surface area is 183 Å². The van der Waals surface area contributed by atoms with Gasteiger partial charge in [0, 0.05) is 49.1 Å². The second kappa shape index (κ2) is 10.1. The number of benzene rings is 2. The zero-order chi connectivity index (χ0) is 23.1. The molecule has 0 saturated heterocycles. The monoisotopic (exact) mass is 433 g/mol. The minimum atomic E-state index is -0.606. The van der Waals surface area contributed by atoms with Crippen LogP contribution in [0.2, 0.25) is 0 Å². The number of amides is 2. The molecule has 3 rings (SSSR count). The average molecular weight is 433 g/mol. The van der Waals surface area contributed by atoms with Gasteiger partial charge in [-0.15, -0.1) is 0 Å². The van der Waals surface area contributed by atoms with Crippen LogP contribution in [-0.4, -0.2) is 42.8 Å². The largest absolute Gasteiger partial charge is 0.385 e. The lowest BCUT2D eigenvalue weighted by atomic mass is 10.0. The van der Waals surface area contributed by atoms with E-state index in [1.54, 1.807) is 31.4 Å². The predicted octanol–water partition coefficient (Wildman–Crippen LogP) is 2.17. The molecular formula is C22H19N5O5. The Balaban J connectivity index is 1.91. The molecule has 2 amide bonds. The van der Waals surface area contributed by atoms with E-state index in [0.717, 1.165) is 6.07 Å². The van der Waals surface area contributed by atoms with Crippen molar-refractivity contribution in [3.8, 4) is 6.07 Å². The molecule has 0 spiro atoms. The van der Waals surface area contributed by atoms with Crippen molar-refractivity contribution < 1.29 is 19.2 Å². The minimum absolute atomic E-state index is 0.0770. The number of fused-ring (bicyclic) bond motifs is 1. The Morgan fingerprint density at radius 2 is 1.94 bits per heavy atom. The lowest BCUT2D eigenvalue weighted by Gasteiger charge is -2.06. The summed E-state index contributed by atoms with van der Waals surface area (Å²) in [5.74, 6) is -1.04. The maximum Gasteiger partial charge on any atom is 0.270 e. The number of rotatable bonds is 7. The number of aliphatic imine (C=N–C) groups is 1. The lowest BCUT2D eigenvalue weighted by molar-refractivity contribution is -0.384. The van der Waals surface area contributed by atoms with Gasteiger partial charge >= 0.3 is 0 Å². The van der Waals surface area contributed by atoms with Crippen molar-refractivity contribution in [1.82, 2.24) is 10.6 Å². The summed E-state index contributed by atoms with van der Waals surface area (Å²) in [5.41, 5.74) is 0.861. The summed E-state index contributed by atoms with van der Waals surface area (Å²) in [4.78, 5) is 39.9. The van der Waals surface area contributed by atoms with E-state index in [1.807, 2.05) is 6.07 Å². The van der Waals surface area contributed by atoms with E-state index >= 15 is 0 Å². The second-order valence-electron chi connectivity index (χ2n) is 6.71. The van der Waals surface area contributed by atoms with Crippen molar-refractivity contribution in [1.29, 1.82) is 5.26 Å². The second-order valence-corrected chi connectivity index (χ2v) is 6.71. The Kier molecular flexibility index (Phi) is 7.05. The average Bonchev–Trinajstić information content (AvgIpc) is 3.15. The number of carbonyl (C=O) groups is 2. The Morgan fingerprint density at radius 3 is 2.62 bits per heavy atom. The molecular weight excluding hydrogens is 414 g/mol. The van der Waals surface area contributed by atoms with Gasteiger partial charge in [0.2, 0.25) is 0 Å². The van der Waals surface area contributed by atoms with Gasteiger partial charge in [0.15, 0.2) is 0 Å². The lowest BCUT2D eigenvalue weighted by Crippen LogP contribution is -2.30. The van der Waals surface area contributed by atoms with Gasteiger partial charge in [0.05, 0.1) is 10.6 Å². The molecule has 2 aromatic carbocycles. The zero-order valence-corrected chi connectivity index (χ0v) is 17.1. The summed E-state index contributed by atoms with van der Waals surface area (Å²) < 4.78 is 4.94. The first-order valence-corrected chi connectivity index (χ1v) is 9.62. The Morgan fingerprint density at radius 1 is 1.19 bits per heavy atom. The molecule has 0 saturated carbocycles. The summed E-state index contributed by atoms with van der Waals surface area (Å²) >= 11 is 0. The molecule has 10 heteroatoms. The molecule has 2 N–H and O–H groups in total. The summed E-state index contributed by atoms with van der Waals surface area (Å²) in [6.45, 7) is 0.792. The fraction of sp³-hybridized carbons (Fsp3) is 0.182. The number of hydrogen-bond donors (Lipinski definition) is 2. The number of amidine groups is 1. The van der Waals surface area contributed by atoms with Gasteiger partial charge in [0.25, 0.3) is 17.5 Å². The van der Waals surface area contributed by atoms with E-state index in [9.17, 15) is 25.0 Å². The zero-order valence-electron chi connectivity index (χ0n) is 17.1. The number of nitrogens with zero attached hydrogens (tertiary/aromatic N) is 3. The quantitative estimate of drug-likeness (QED) is 0.225. The maximum absolute atomic E-state index is 12.7. The third-order valence-electron chi connectivity index (χ3n) is 4.60. The minimum Gasteiger partial charge on any atom is -0.385 e. The smallest absolute Gasteiger partial charge is 0.270 e. The van der Waals surface area contributed by atoms with Crippen LogP contribution in [0.3, 0.4) is 0 Å². The number of non-ortho nitro benzene ring substituents is 1. The van der Waals surface area contributed by atoms with Gasteiger partial charge in [-0.2, -0.15) is 5.26 Å². The summed E-state index contributed by atoms with van der Waals surface area (Å²) in [5, 5.41) is 25.9. The van der Waals surface area contributed by atoms with Gasteiger partial charge in [-0.3, -0.25) is 19.7 Å². The van der Waals surface area contributed by atoms with Gasteiger partial charge in [-0.05, 0) is 12.5 Å². The van der Waals surface area contributed by atoms with Gasteiger partial charge in [-0.1, -0.05) is 30.3 Å². The molecule has 0 bridgehead atoms. The molecule has 0 fully saturated rings. The summed E-state index contributed by atoms with van der Waals surface area (Å²) in [6, 6.07) is 14.0. The van der Waals surface area contributed by atoms with E-state index < -0.39 is 16.7 Å². The van der Waals surface area contributed by atoms with Crippen molar-refractivity contribution in [3.05, 3.63) is 80.9 Å². The van der Waals surface area contributed by atoms with Crippen LogP contribution in [0.4, 0.5) is 5.69 Å². The third-order valence-corrected chi connectivity index (χ3v) is 4.60. The number of nitriles is 1. The van der Waals surface area contributed by atoms with Crippen molar-refractivity contribution in [3.63, 3.8) is 0 Å². The van der Waals surface area contributed by atoms with E-state index in [1.165, 1.54) is 18.2 Å². The molecule has 10 nitrogen and oxygen atoms in total. The molecule has 0 aromatic heterocycles. The Bertz CT molecular complexity index is 1180. The fourth-order valence-electron chi connectivity index (χ4n) is 3.07. The topological polar surface area (TPSA) is 147 Å². The molecule has 1 aliphatic rings. The first-order chi connectivity index (χ1) is 15.5. The molecule has 1 heterocycles. The maximum atomic E-state index is 12.7. The van der Waals surface area contributed by atoms with E-state index in [0.29, 0.717) is 30.7 Å². The molecule has 162 valence electrons. The van der Waals surface area contributed by atoms with Gasteiger partial charge < -0.3 is 15.4 Å². The highest BCUT2D eigenvalue weighted by atomic mass is 16.6. The standard InChI is InChI=1S/C22H19N5O5/c1-32-11-5-10-24-22(29)18(13-23)19-16-8-2-3-9-17(16)20(25-19)26-21(28)14-6-4-7-15(12-14)27(30)31/h2-4,6-9,12H,5,10-11H2,1H3,(H,24,29)(H,25,26,28). The molecule has 0 aliphatic carbocycles. The molecule has 0 unspecified atom stereocenters. The van der Waals surface area contributed by atoms with E-state index in [4.69, 9.17) is 4.74 Å². The van der Waals surface area contributed by atoms with Crippen molar-refractivity contribution in [2.45, 2.75) is 6.42 Å². The van der Waals surface area contributed by atoms with Crippen LogP contribution in [0.1, 0.15) is 27.9 Å². The van der Waals surface area contributed by atoms with Crippen molar-refractivity contribution in [2.75, 3.05) is 20.3 Å². The van der Waals surface area contributed by atoms with E-state index in [-0.39, 0.29) is 28.4 Å². The molecule has 32 heavy (non-hydrogen) atoms. The Hall–Kier alpha value is -4.36. The normalized spacial score (nSPS) is 13.4. The van der Waals surface area contributed by atoms with Crippen molar-refractivity contribution >= 4 is 29.0 Å². The fourth-order valence-corrected chi connectivity index (χ4v) is 3.07. The predicted molar refractivity (Wildman–Crippen MR) is 116 cm³/mol. The third kappa shape index (κ3) is 4.85. The summed E-state index contributed by atoms with van der Waals surface area (Å²) in [7, 11) is 1.55. The highest BCUT2D eigenvalue weighted by Crippen LogP contribution is 2.30. The van der Waals surface area contributed by atoms with Crippen LogP contribution >= 0.6 is 0 Å². The highest BCUT2D eigenvalue weighted by molar-refractivity contribution is 6.20. The SMILES string of the molecule is COCCCNC(=O)C(C#N)=C1N=C(NC(=O)c2cccc([N+](=O)[O-])c2)c2ccccc21. The van der Waals surface area contributed by atoms with Crippen LogP contribution in [0.15, 0.2) is 59.1 Å². The molecule has 2 aromatic rings. The van der Waals surface area contributed by atoms with E-state index in [2.05, 4.69) is 15.6 Å². The molecule has 0 radical (unpaired) electrons. The van der Waals surface area contributed by atoms with Crippen LogP contribution in [0, 0.1) is 21.4 Å².